The van der Waals surface area contributed by atoms with Crippen LogP contribution in [0.1, 0.15) is 0 Å². The average Bonchev–Trinajstić information content (AvgIpc) is 2.42. The third-order valence-electron chi connectivity index (χ3n) is 2.68. The Kier molecular flexibility index (Phi) is 4.24. The third-order valence-corrected chi connectivity index (χ3v) is 4.35. The molecule has 2 aromatic rings. The topological polar surface area (TPSA) is 81.4 Å². The summed E-state index contributed by atoms with van der Waals surface area (Å²) in [6, 6.07) is 7.64. The van der Waals surface area contributed by atoms with E-state index in [1.165, 1.54) is 37.4 Å². The molecule has 0 radical (unpaired) electrons. The van der Waals surface area contributed by atoms with Gasteiger partial charge in [0, 0.05) is 11.1 Å². The van der Waals surface area contributed by atoms with Crippen molar-refractivity contribution in [1.82, 2.24) is 0 Å². The van der Waals surface area contributed by atoms with Gasteiger partial charge in [-0.15, -0.1) is 0 Å². The van der Waals surface area contributed by atoms with E-state index in [4.69, 9.17) is 22.1 Å². The summed E-state index contributed by atoms with van der Waals surface area (Å²) in [6.07, 6.45) is 0. The molecule has 0 atom stereocenters. The number of nitrogens with one attached hydrogen (secondary N) is 1. The lowest BCUT2D eigenvalue weighted by molar-refractivity contribution is 0.414. The van der Waals surface area contributed by atoms with Crippen molar-refractivity contribution in [1.29, 1.82) is 0 Å². The van der Waals surface area contributed by atoms with Gasteiger partial charge in [-0.25, -0.2) is 12.8 Å². The molecule has 0 saturated carbocycles. The van der Waals surface area contributed by atoms with E-state index in [-0.39, 0.29) is 21.3 Å². The number of nitrogen functional groups attached to an aromatic ring is 1. The Morgan fingerprint density at radius 1 is 1.24 bits per heavy atom. The van der Waals surface area contributed by atoms with Crippen LogP contribution in [0.5, 0.6) is 5.75 Å². The van der Waals surface area contributed by atoms with E-state index in [1.807, 2.05) is 0 Å². The first-order chi connectivity index (χ1) is 9.83. The highest BCUT2D eigenvalue weighted by Crippen LogP contribution is 2.27. The predicted molar refractivity (Wildman–Crippen MR) is 79.6 cm³/mol. The van der Waals surface area contributed by atoms with Crippen molar-refractivity contribution >= 4 is 33.0 Å². The van der Waals surface area contributed by atoms with E-state index in [1.54, 1.807) is 0 Å². The van der Waals surface area contributed by atoms with Crippen LogP contribution in [-0.4, -0.2) is 15.5 Å². The molecule has 0 aliphatic heterocycles. The number of anilines is 2. The average molecular weight is 331 g/mol. The zero-order valence-corrected chi connectivity index (χ0v) is 12.5. The molecule has 0 heterocycles. The summed E-state index contributed by atoms with van der Waals surface area (Å²) in [4.78, 5) is -0.178. The second-order valence-corrected chi connectivity index (χ2v) is 6.22. The lowest BCUT2D eigenvalue weighted by Gasteiger charge is -2.12. The minimum Gasteiger partial charge on any atom is -0.497 e. The molecule has 0 spiro atoms. The van der Waals surface area contributed by atoms with Crippen molar-refractivity contribution < 1.29 is 17.5 Å². The quantitative estimate of drug-likeness (QED) is 0.845. The summed E-state index contributed by atoms with van der Waals surface area (Å²) in [7, 11) is -2.60. The first-order valence-electron chi connectivity index (χ1n) is 5.75. The predicted octanol–water partition coefficient (Wildman–Crippen LogP) is 2.87. The fourth-order valence-electron chi connectivity index (χ4n) is 1.67. The number of hydrogen-bond donors (Lipinski definition) is 2. The van der Waals surface area contributed by atoms with Crippen LogP contribution in [0.15, 0.2) is 41.3 Å². The van der Waals surface area contributed by atoms with Crippen LogP contribution in [0.25, 0.3) is 0 Å². The zero-order valence-electron chi connectivity index (χ0n) is 10.9. The van der Waals surface area contributed by atoms with Crippen LogP contribution in [0.4, 0.5) is 15.8 Å². The van der Waals surface area contributed by atoms with Gasteiger partial charge in [0.1, 0.15) is 16.5 Å². The number of nitrogens with two attached hydrogens (primary N) is 1. The van der Waals surface area contributed by atoms with Crippen molar-refractivity contribution in [3.63, 3.8) is 0 Å². The van der Waals surface area contributed by atoms with Crippen molar-refractivity contribution in [2.24, 2.45) is 0 Å². The Bertz CT molecular complexity index is 781. The summed E-state index contributed by atoms with van der Waals surface area (Å²) < 4.78 is 45.1. The summed E-state index contributed by atoms with van der Waals surface area (Å²) in [5, 5.41) is 0.205. The third kappa shape index (κ3) is 3.37. The molecule has 2 aromatic carbocycles. The Morgan fingerprint density at radius 3 is 2.57 bits per heavy atom. The highest BCUT2D eigenvalue weighted by molar-refractivity contribution is 7.92. The van der Waals surface area contributed by atoms with Gasteiger partial charge in [-0.1, -0.05) is 11.6 Å². The molecule has 0 amide bonds. The number of ether oxygens (including phenoxy) is 1. The van der Waals surface area contributed by atoms with Gasteiger partial charge in [-0.05, 0) is 30.3 Å². The molecule has 0 fully saturated rings. The van der Waals surface area contributed by atoms with Gasteiger partial charge < -0.3 is 10.5 Å². The maximum absolute atomic E-state index is 13.6. The van der Waals surface area contributed by atoms with Crippen molar-refractivity contribution in [2.45, 2.75) is 4.90 Å². The maximum atomic E-state index is 13.6. The highest BCUT2D eigenvalue weighted by atomic mass is 35.5. The summed E-state index contributed by atoms with van der Waals surface area (Å²) in [6.45, 7) is 0. The molecular weight excluding hydrogens is 319 g/mol. The Balaban J connectivity index is 2.41. The highest BCUT2D eigenvalue weighted by Gasteiger charge is 2.19. The lowest BCUT2D eigenvalue weighted by Crippen LogP contribution is -2.15. The molecular formula is C13H12ClFN2O3S. The molecule has 0 aromatic heterocycles. The molecule has 5 nitrogen and oxygen atoms in total. The van der Waals surface area contributed by atoms with Crippen molar-refractivity contribution in [2.75, 3.05) is 17.6 Å². The van der Waals surface area contributed by atoms with E-state index < -0.39 is 15.8 Å². The second kappa shape index (κ2) is 5.79. The number of halogens is 2. The minimum atomic E-state index is -4.04. The van der Waals surface area contributed by atoms with Crippen LogP contribution in [0.3, 0.4) is 0 Å². The molecule has 0 bridgehead atoms. The van der Waals surface area contributed by atoms with E-state index in [0.29, 0.717) is 5.75 Å². The number of hydrogen-bond acceptors (Lipinski definition) is 4. The number of methoxy groups -OCH3 is 1. The molecule has 112 valence electrons. The van der Waals surface area contributed by atoms with Gasteiger partial charge in [0.25, 0.3) is 10.0 Å². The van der Waals surface area contributed by atoms with Crippen molar-refractivity contribution in [3.05, 3.63) is 47.2 Å². The van der Waals surface area contributed by atoms with Crippen LogP contribution < -0.4 is 15.2 Å². The van der Waals surface area contributed by atoms with Crippen molar-refractivity contribution in [3.8, 4) is 5.75 Å². The molecule has 3 N–H and O–H groups in total. The molecule has 0 saturated heterocycles. The Labute approximate surface area is 126 Å². The SMILES string of the molecule is COc1ccc(S(=O)(=O)Nc2cc(Cl)ccc2F)c(N)c1. The monoisotopic (exact) mass is 330 g/mol. The summed E-state index contributed by atoms with van der Waals surface area (Å²) in [5.41, 5.74) is 5.42. The largest absolute Gasteiger partial charge is 0.497 e. The molecule has 0 aliphatic carbocycles. The lowest BCUT2D eigenvalue weighted by atomic mass is 10.3. The number of sulfonamides is 1. The first kappa shape index (κ1) is 15.4. The molecule has 2 rings (SSSR count). The van der Waals surface area contributed by atoms with Crippen LogP contribution in [0, 0.1) is 5.82 Å². The molecule has 0 aliphatic rings. The Hall–Kier alpha value is -1.99. The zero-order chi connectivity index (χ0) is 15.6. The summed E-state index contributed by atoms with van der Waals surface area (Å²) >= 11 is 5.72. The van der Waals surface area contributed by atoms with Gasteiger partial charge in [-0.3, -0.25) is 4.72 Å². The van der Waals surface area contributed by atoms with E-state index in [9.17, 15) is 12.8 Å². The van der Waals surface area contributed by atoms with Gasteiger partial charge >= 0.3 is 0 Å². The van der Waals surface area contributed by atoms with Crippen LogP contribution >= 0.6 is 11.6 Å². The minimum absolute atomic E-state index is 0.00992. The Morgan fingerprint density at radius 2 is 1.95 bits per heavy atom. The van der Waals surface area contributed by atoms with E-state index in [2.05, 4.69) is 4.72 Å². The summed E-state index contributed by atoms with van der Waals surface area (Å²) in [5.74, 6) is -0.324. The van der Waals surface area contributed by atoms with Crippen LogP contribution in [-0.2, 0) is 10.0 Å². The standard InChI is InChI=1S/C13H12ClFN2O3S/c1-20-9-3-5-13(11(16)7-9)21(18,19)17-12-6-8(14)2-4-10(12)15/h2-7,17H,16H2,1H3. The van der Waals surface area contributed by atoms with E-state index in [0.717, 1.165) is 6.07 Å². The van der Waals surface area contributed by atoms with Gasteiger partial charge in [0.15, 0.2) is 0 Å². The number of rotatable bonds is 4. The fraction of sp³-hybridized carbons (Fsp3) is 0.0769. The van der Waals surface area contributed by atoms with Gasteiger partial charge in [-0.2, -0.15) is 0 Å². The first-order valence-corrected chi connectivity index (χ1v) is 7.61. The smallest absolute Gasteiger partial charge is 0.264 e. The molecule has 0 unspecified atom stereocenters. The number of benzene rings is 2. The normalized spacial score (nSPS) is 11.2. The van der Waals surface area contributed by atoms with E-state index >= 15 is 0 Å². The second-order valence-electron chi connectivity index (χ2n) is 4.13. The van der Waals surface area contributed by atoms with Gasteiger partial charge in [0.05, 0.1) is 18.5 Å². The van der Waals surface area contributed by atoms with Gasteiger partial charge in [0.2, 0.25) is 0 Å². The molecule has 21 heavy (non-hydrogen) atoms. The maximum Gasteiger partial charge on any atom is 0.264 e. The van der Waals surface area contributed by atoms with Crippen LogP contribution in [0.2, 0.25) is 5.02 Å². The molecule has 8 heteroatoms. The fourth-order valence-corrected chi connectivity index (χ4v) is 3.02.